The fourth-order valence-electron chi connectivity index (χ4n) is 5.98. The predicted octanol–water partition coefficient (Wildman–Crippen LogP) is 3.42. The normalized spacial score (nSPS) is 20.2. The molecule has 42 heavy (non-hydrogen) atoms. The van der Waals surface area contributed by atoms with Gasteiger partial charge in [0.1, 0.15) is 17.7 Å². The highest BCUT2D eigenvalue weighted by atomic mass is 16.5. The summed E-state index contributed by atoms with van der Waals surface area (Å²) in [5.41, 5.74) is 1.73. The number of benzene rings is 1. The van der Waals surface area contributed by atoms with Gasteiger partial charge in [0, 0.05) is 81.7 Å². The Labute approximate surface area is 244 Å². The van der Waals surface area contributed by atoms with Gasteiger partial charge in [-0.05, 0) is 55.2 Å². The zero-order valence-electron chi connectivity index (χ0n) is 23.4. The van der Waals surface area contributed by atoms with Crippen molar-refractivity contribution in [1.82, 2.24) is 25.2 Å². The third kappa shape index (κ3) is 6.50. The van der Waals surface area contributed by atoms with Crippen LogP contribution >= 0.6 is 0 Å². The Bertz CT molecular complexity index is 1420. The molecule has 3 fully saturated rings. The Morgan fingerprint density at radius 3 is 2.43 bits per heavy atom. The van der Waals surface area contributed by atoms with Crippen molar-refractivity contribution < 1.29 is 19.1 Å². The first-order valence-corrected chi connectivity index (χ1v) is 14.7. The molecule has 0 aliphatic carbocycles. The van der Waals surface area contributed by atoms with Crippen molar-refractivity contribution in [3.63, 3.8) is 0 Å². The minimum absolute atomic E-state index is 0.00000270. The van der Waals surface area contributed by atoms with E-state index in [2.05, 4.69) is 30.5 Å². The molecule has 0 spiro atoms. The van der Waals surface area contributed by atoms with E-state index in [1.54, 1.807) is 24.7 Å². The van der Waals surface area contributed by atoms with Crippen molar-refractivity contribution >= 4 is 35.2 Å². The Morgan fingerprint density at radius 1 is 0.881 bits per heavy atom. The van der Waals surface area contributed by atoms with E-state index in [0.29, 0.717) is 31.9 Å². The van der Waals surface area contributed by atoms with Crippen LogP contribution in [0.15, 0.2) is 61.1 Å². The molecule has 6 rings (SSSR count). The first-order valence-electron chi connectivity index (χ1n) is 14.7. The maximum absolute atomic E-state index is 13.4. The average molecular weight is 570 g/mol. The van der Waals surface area contributed by atoms with Crippen molar-refractivity contribution in [3.8, 4) is 5.75 Å². The third-order valence-corrected chi connectivity index (χ3v) is 8.29. The highest BCUT2D eigenvalue weighted by molar-refractivity contribution is 6.01. The SMILES string of the molecule is O=C1CCC(c2ccnc(N3CCC(C(=O)N4CCC(Oc5cccc(Nc6ncccn6)c5)CC4)CC3)c2)C(=O)N1. The second-order valence-corrected chi connectivity index (χ2v) is 11.1. The van der Waals surface area contributed by atoms with Gasteiger partial charge in [-0.2, -0.15) is 0 Å². The molecule has 1 unspecified atom stereocenters. The van der Waals surface area contributed by atoms with E-state index in [9.17, 15) is 14.4 Å². The smallest absolute Gasteiger partial charge is 0.234 e. The maximum atomic E-state index is 13.4. The first-order chi connectivity index (χ1) is 20.5. The number of anilines is 3. The number of hydrogen-bond acceptors (Lipinski definition) is 9. The Kier molecular flexibility index (Phi) is 8.25. The topological polar surface area (TPSA) is 130 Å². The van der Waals surface area contributed by atoms with Crippen LogP contribution in [0.2, 0.25) is 0 Å². The number of nitrogens with zero attached hydrogens (tertiary/aromatic N) is 5. The van der Waals surface area contributed by atoms with E-state index < -0.39 is 0 Å². The largest absolute Gasteiger partial charge is 0.490 e. The minimum Gasteiger partial charge on any atom is -0.490 e. The standard InChI is InChI=1S/C31H35N7O4/c39-28-6-5-26(29(40)36-28)22-7-14-32-27(19-22)37-15-8-21(9-16-37)30(41)38-17-10-24(11-18-38)42-25-4-1-3-23(20-25)35-31-33-12-2-13-34-31/h1-4,7,12-14,19-21,24,26H,5-6,8-11,15-18H2,(H,33,34,35)(H,36,39,40). The number of hydrogen-bond donors (Lipinski definition) is 2. The minimum atomic E-state index is -0.333. The number of nitrogens with one attached hydrogen (secondary N) is 2. The van der Waals surface area contributed by atoms with Crippen molar-refractivity contribution in [2.45, 2.75) is 50.5 Å². The Morgan fingerprint density at radius 2 is 1.67 bits per heavy atom. The van der Waals surface area contributed by atoms with E-state index in [4.69, 9.17) is 4.74 Å². The zero-order valence-corrected chi connectivity index (χ0v) is 23.4. The molecule has 11 heteroatoms. The van der Waals surface area contributed by atoms with Crippen molar-refractivity contribution in [1.29, 1.82) is 0 Å². The predicted molar refractivity (Wildman–Crippen MR) is 156 cm³/mol. The van der Waals surface area contributed by atoms with Crippen LogP contribution in [0.4, 0.5) is 17.5 Å². The number of carbonyl (C=O) groups is 3. The van der Waals surface area contributed by atoms with Gasteiger partial charge in [-0.25, -0.2) is 15.0 Å². The van der Waals surface area contributed by atoms with Crippen LogP contribution in [-0.4, -0.2) is 69.9 Å². The van der Waals surface area contributed by atoms with E-state index in [-0.39, 0.29) is 35.7 Å². The van der Waals surface area contributed by atoms with Crippen LogP contribution < -0.4 is 20.3 Å². The lowest BCUT2D eigenvalue weighted by Gasteiger charge is -2.37. The summed E-state index contributed by atoms with van der Waals surface area (Å²) in [5, 5.41) is 5.62. The number of ether oxygens (including phenoxy) is 1. The molecule has 0 radical (unpaired) electrons. The monoisotopic (exact) mass is 569 g/mol. The van der Waals surface area contributed by atoms with Crippen LogP contribution in [0.1, 0.15) is 50.0 Å². The highest BCUT2D eigenvalue weighted by Crippen LogP contribution is 2.30. The molecule has 1 atom stereocenters. The Balaban J connectivity index is 0.971. The van der Waals surface area contributed by atoms with Gasteiger partial charge in [-0.3, -0.25) is 19.7 Å². The van der Waals surface area contributed by atoms with E-state index in [1.165, 1.54) is 0 Å². The molecule has 2 aromatic heterocycles. The van der Waals surface area contributed by atoms with Crippen LogP contribution in [0.25, 0.3) is 0 Å². The lowest BCUT2D eigenvalue weighted by molar-refractivity contribution is -0.138. The molecule has 218 valence electrons. The van der Waals surface area contributed by atoms with Crippen LogP contribution in [0.5, 0.6) is 5.75 Å². The summed E-state index contributed by atoms with van der Waals surface area (Å²) in [5.74, 6) is 1.56. The molecule has 3 aliphatic heterocycles. The van der Waals surface area contributed by atoms with E-state index >= 15 is 0 Å². The van der Waals surface area contributed by atoms with Gasteiger partial charge in [0.25, 0.3) is 0 Å². The summed E-state index contributed by atoms with van der Waals surface area (Å²) in [6.45, 7) is 2.85. The fourth-order valence-corrected chi connectivity index (χ4v) is 5.98. The number of amides is 3. The number of likely N-dealkylation sites (tertiary alicyclic amines) is 1. The maximum Gasteiger partial charge on any atom is 0.234 e. The Hall–Kier alpha value is -4.54. The number of carbonyl (C=O) groups excluding carboxylic acids is 3. The van der Waals surface area contributed by atoms with Crippen LogP contribution in [-0.2, 0) is 14.4 Å². The summed E-state index contributed by atoms with van der Waals surface area (Å²) in [6, 6.07) is 13.3. The molecule has 1 aromatic carbocycles. The molecule has 3 saturated heterocycles. The van der Waals surface area contributed by atoms with Crippen LogP contribution in [0.3, 0.4) is 0 Å². The van der Waals surface area contributed by atoms with Gasteiger partial charge in [-0.1, -0.05) is 6.07 Å². The number of piperidine rings is 3. The van der Waals surface area contributed by atoms with Gasteiger partial charge >= 0.3 is 0 Å². The molecule has 11 nitrogen and oxygen atoms in total. The van der Waals surface area contributed by atoms with Gasteiger partial charge < -0.3 is 19.9 Å². The fraction of sp³-hybridized carbons (Fsp3) is 0.419. The summed E-state index contributed by atoms with van der Waals surface area (Å²) < 4.78 is 6.26. The lowest BCUT2D eigenvalue weighted by Crippen LogP contribution is -2.47. The van der Waals surface area contributed by atoms with E-state index in [0.717, 1.165) is 61.6 Å². The van der Waals surface area contributed by atoms with Gasteiger partial charge in [-0.15, -0.1) is 0 Å². The van der Waals surface area contributed by atoms with Crippen molar-refractivity contribution in [3.05, 3.63) is 66.6 Å². The second kappa shape index (κ2) is 12.5. The number of imide groups is 1. The van der Waals surface area contributed by atoms with Crippen molar-refractivity contribution in [2.24, 2.45) is 5.92 Å². The molecule has 3 aliphatic rings. The molecule has 3 aromatic rings. The third-order valence-electron chi connectivity index (χ3n) is 8.29. The summed E-state index contributed by atoms with van der Waals surface area (Å²) in [6.07, 6.45) is 9.15. The van der Waals surface area contributed by atoms with Gasteiger partial charge in [0.05, 0.1) is 5.92 Å². The van der Waals surface area contributed by atoms with Gasteiger partial charge in [0.2, 0.25) is 23.7 Å². The number of rotatable bonds is 7. The molecule has 0 saturated carbocycles. The van der Waals surface area contributed by atoms with Crippen molar-refractivity contribution in [2.75, 3.05) is 36.4 Å². The molecule has 0 bridgehead atoms. The molecular weight excluding hydrogens is 534 g/mol. The van der Waals surface area contributed by atoms with Crippen LogP contribution in [0, 0.1) is 5.92 Å². The van der Waals surface area contributed by atoms with Gasteiger partial charge in [0.15, 0.2) is 0 Å². The zero-order chi connectivity index (χ0) is 28.9. The average Bonchev–Trinajstić information content (AvgIpc) is 3.02. The number of aromatic nitrogens is 3. The summed E-state index contributed by atoms with van der Waals surface area (Å²) >= 11 is 0. The number of pyridine rings is 1. The molecular formula is C31H35N7O4. The summed E-state index contributed by atoms with van der Waals surface area (Å²) in [4.78, 5) is 54.3. The van der Waals surface area contributed by atoms with E-state index in [1.807, 2.05) is 41.3 Å². The second-order valence-electron chi connectivity index (χ2n) is 11.1. The molecule has 2 N–H and O–H groups in total. The molecule has 3 amide bonds. The quantitative estimate of drug-likeness (QED) is 0.411. The first kappa shape index (κ1) is 27.6. The lowest BCUT2D eigenvalue weighted by atomic mass is 9.90. The highest BCUT2D eigenvalue weighted by Gasteiger charge is 2.33. The molecule has 5 heterocycles. The summed E-state index contributed by atoms with van der Waals surface area (Å²) in [7, 11) is 0.